The molecule has 0 bridgehead atoms. The summed E-state index contributed by atoms with van der Waals surface area (Å²) >= 11 is 2.71. The summed E-state index contributed by atoms with van der Waals surface area (Å²) < 4.78 is 47.0. The Morgan fingerprint density at radius 3 is 2.23 bits per heavy atom. The molecule has 0 heterocycles. The summed E-state index contributed by atoms with van der Waals surface area (Å²) in [5, 5.41) is 0. The van der Waals surface area contributed by atoms with Crippen molar-refractivity contribution in [3.63, 3.8) is 0 Å². The van der Waals surface area contributed by atoms with Gasteiger partial charge in [-0.25, -0.2) is 17.2 Å². The Morgan fingerprint density at radius 1 is 1.31 bits per heavy atom. The third kappa shape index (κ3) is 2.18. The SMILES string of the molecule is O=S(=O)(Cl)c1c(F)ccc(Br)c1F. The average molecular weight is 292 g/mol. The van der Waals surface area contributed by atoms with Crippen molar-refractivity contribution in [1.29, 1.82) is 0 Å². The van der Waals surface area contributed by atoms with Crippen LogP contribution in [0.1, 0.15) is 0 Å². The van der Waals surface area contributed by atoms with Crippen molar-refractivity contribution in [2.45, 2.75) is 4.90 Å². The van der Waals surface area contributed by atoms with Crippen LogP contribution in [0.2, 0.25) is 0 Å². The predicted molar refractivity (Wildman–Crippen MR) is 47.1 cm³/mol. The van der Waals surface area contributed by atoms with Crippen LogP contribution in [0.5, 0.6) is 0 Å². The van der Waals surface area contributed by atoms with Crippen LogP contribution >= 0.6 is 26.6 Å². The zero-order chi connectivity index (χ0) is 10.2. The van der Waals surface area contributed by atoms with Crippen LogP contribution in [0.4, 0.5) is 8.78 Å². The lowest BCUT2D eigenvalue weighted by atomic mass is 10.3. The highest BCUT2D eigenvalue weighted by Crippen LogP contribution is 2.27. The first-order valence-corrected chi connectivity index (χ1v) is 6.02. The summed E-state index contributed by atoms with van der Waals surface area (Å²) in [6.45, 7) is 0. The van der Waals surface area contributed by atoms with Crippen LogP contribution in [0.25, 0.3) is 0 Å². The minimum absolute atomic E-state index is 0.159. The Bertz CT molecular complexity index is 446. The average Bonchev–Trinajstić information content (AvgIpc) is 1.95. The lowest BCUT2D eigenvalue weighted by Gasteiger charge is -2.01. The predicted octanol–water partition coefficient (Wildman–Crippen LogP) is 2.65. The van der Waals surface area contributed by atoms with E-state index in [0.717, 1.165) is 12.1 Å². The topological polar surface area (TPSA) is 34.1 Å². The van der Waals surface area contributed by atoms with Gasteiger partial charge in [-0.3, -0.25) is 0 Å². The molecule has 0 aliphatic heterocycles. The number of benzene rings is 1. The first-order valence-electron chi connectivity index (χ1n) is 2.92. The second-order valence-electron chi connectivity index (χ2n) is 2.11. The lowest BCUT2D eigenvalue weighted by Crippen LogP contribution is -2.00. The van der Waals surface area contributed by atoms with Gasteiger partial charge in [-0.15, -0.1) is 0 Å². The van der Waals surface area contributed by atoms with Gasteiger partial charge in [0.15, 0.2) is 10.7 Å². The molecule has 0 aliphatic carbocycles. The van der Waals surface area contributed by atoms with Gasteiger partial charge >= 0.3 is 0 Å². The van der Waals surface area contributed by atoms with E-state index in [1.807, 2.05) is 0 Å². The van der Waals surface area contributed by atoms with E-state index >= 15 is 0 Å². The van der Waals surface area contributed by atoms with Crippen LogP contribution in [-0.4, -0.2) is 8.42 Å². The molecule has 1 rings (SSSR count). The molecule has 1 aromatic carbocycles. The molecular weight excluding hydrogens is 289 g/mol. The Labute approximate surface area is 86.1 Å². The van der Waals surface area contributed by atoms with E-state index in [4.69, 9.17) is 10.7 Å². The van der Waals surface area contributed by atoms with Crippen LogP contribution in [0.3, 0.4) is 0 Å². The van der Waals surface area contributed by atoms with Gasteiger partial charge in [-0.1, -0.05) is 0 Å². The minimum atomic E-state index is -4.39. The van der Waals surface area contributed by atoms with E-state index in [0.29, 0.717) is 0 Å². The Hall–Kier alpha value is -0.200. The summed E-state index contributed by atoms with van der Waals surface area (Å²) in [6.07, 6.45) is 0. The molecule has 0 fully saturated rings. The molecule has 72 valence electrons. The summed E-state index contributed by atoms with van der Waals surface area (Å²) in [5.41, 5.74) is 0. The van der Waals surface area contributed by atoms with Crippen LogP contribution in [-0.2, 0) is 9.05 Å². The summed E-state index contributed by atoms with van der Waals surface area (Å²) in [6, 6.07) is 1.86. The zero-order valence-corrected chi connectivity index (χ0v) is 9.05. The molecule has 13 heavy (non-hydrogen) atoms. The van der Waals surface area contributed by atoms with Gasteiger partial charge < -0.3 is 0 Å². The van der Waals surface area contributed by atoms with Crippen molar-refractivity contribution in [2.75, 3.05) is 0 Å². The molecule has 0 saturated carbocycles. The van der Waals surface area contributed by atoms with E-state index in [1.54, 1.807) is 0 Å². The number of hydrogen-bond acceptors (Lipinski definition) is 2. The van der Waals surface area contributed by atoms with Crippen molar-refractivity contribution in [2.24, 2.45) is 0 Å². The van der Waals surface area contributed by atoms with Gasteiger partial charge in [0.25, 0.3) is 9.05 Å². The van der Waals surface area contributed by atoms with E-state index < -0.39 is 25.6 Å². The van der Waals surface area contributed by atoms with Crippen LogP contribution < -0.4 is 0 Å². The fourth-order valence-corrected chi connectivity index (χ4v) is 2.24. The number of halogens is 4. The molecule has 2 nitrogen and oxygen atoms in total. The molecule has 0 N–H and O–H groups in total. The second-order valence-corrected chi connectivity index (χ2v) is 5.47. The first kappa shape index (κ1) is 10.9. The van der Waals surface area contributed by atoms with E-state index in [1.165, 1.54) is 0 Å². The van der Waals surface area contributed by atoms with Crippen LogP contribution in [0.15, 0.2) is 21.5 Å². The maximum Gasteiger partial charge on any atom is 0.267 e. The molecule has 0 unspecified atom stereocenters. The van der Waals surface area contributed by atoms with Gasteiger partial charge in [0.05, 0.1) is 4.47 Å². The largest absolute Gasteiger partial charge is 0.267 e. The van der Waals surface area contributed by atoms with E-state index in [9.17, 15) is 17.2 Å². The summed E-state index contributed by atoms with van der Waals surface area (Å²) in [7, 11) is 0.418. The molecule has 1 aromatic rings. The lowest BCUT2D eigenvalue weighted by molar-refractivity contribution is 0.520. The fourth-order valence-electron chi connectivity index (χ4n) is 0.732. The third-order valence-electron chi connectivity index (χ3n) is 1.25. The number of rotatable bonds is 1. The summed E-state index contributed by atoms with van der Waals surface area (Å²) in [5.74, 6) is -2.44. The van der Waals surface area contributed by atoms with E-state index in [-0.39, 0.29) is 4.47 Å². The normalized spacial score (nSPS) is 11.7. The van der Waals surface area contributed by atoms with Gasteiger partial charge in [0.2, 0.25) is 0 Å². The third-order valence-corrected chi connectivity index (χ3v) is 3.18. The first-order chi connectivity index (χ1) is 5.84. The van der Waals surface area contributed by atoms with Crippen molar-refractivity contribution >= 4 is 35.7 Å². The number of hydrogen-bond donors (Lipinski definition) is 0. The summed E-state index contributed by atoms with van der Waals surface area (Å²) in [4.78, 5) is -1.14. The molecule has 0 amide bonds. The highest BCUT2D eigenvalue weighted by atomic mass is 79.9. The van der Waals surface area contributed by atoms with Gasteiger partial charge in [-0.05, 0) is 28.1 Å². The van der Waals surface area contributed by atoms with E-state index in [2.05, 4.69) is 15.9 Å². The maximum absolute atomic E-state index is 13.0. The molecule has 0 atom stereocenters. The smallest absolute Gasteiger partial charge is 0.207 e. The van der Waals surface area contributed by atoms with Gasteiger partial charge in [0, 0.05) is 10.7 Å². The molecule has 0 aromatic heterocycles. The Kier molecular flexibility index (Phi) is 2.94. The monoisotopic (exact) mass is 290 g/mol. The van der Waals surface area contributed by atoms with Crippen molar-refractivity contribution in [3.05, 3.63) is 28.2 Å². The van der Waals surface area contributed by atoms with Crippen molar-refractivity contribution in [3.8, 4) is 0 Å². The highest BCUT2D eigenvalue weighted by Gasteiger charge is 2.23. The maximum atomic E-state index is 13.0. The quantitative estimate of drug-likeness (QED) is 0.589. The Morgan fingerprint density at radius 2 is 1.85 bits per heavy atom. The standard InChI is InChI=1S/C6H2BrClF2O2S/c7-3-1-2-4(9)6(5(3)10)13(8,11)12/h1-2H. The molecule has 0 spiro atoms. The second kappa shape index (κ2) is 3.51. The minimum Gasteiger partial charge on any atom is -0.207 e. The van der Waals surface area contributed by atoms with Gasteiger partial charge in [0.1, 0.15) is 5.82 Å². The highest BCUT2D eigenvalue weighted by molar-refractivity contribution is 9.10. The molecular formula is C6H2BrClF2O2S. The Balaban J connectivity index is 3.62. The van der Waals surface area contributed by atoms with Crippen LogP contribution in [0, 0.1) is 11.6 Å². The molecule has 7 heteroatoms. The molecule has 0 saturated heterocycles. The van der Waals surface area contributed by atoms with Gasteiger partial charge in [-0.2, -0.15) is 0 Å². The molecule has 0 radical (unpaired) electrons. The fraction of sp³-hybridized carbons (Fsp3) is 0. The molecule has 0 aliphatic rings. The van der Waals surface area contributed by atoms with Crippen molar-refractivity contribution in [1.82, 2.24) is 0 Å². The zero-order valence-electron chi connectivity index (χ0n) is 5.89. The van der Waals surface area contributed by atoms with Crippen molar-refractivity contribution < 1.29 is 17.2 Å².